The number of thiazole rings is 1. The first-order valence-corrected chi connectivity index (χ1v) is 12.1. The largest absolute Gasteiger partial charge is 0.326 e. The molecular formula is C22H25N3O3S2. The van der Waals surface area contributed by atoms with E-state index in [0.29, 0.717) is 11.4 Å². The Balaban J connectivity index is 1.61. The topological polar surface area (TPSA) is 88.2 Å². The fraction of sp³-hybridized carbons (Fsp3) is 0.273. The van der Waals surface area contributed by atoms with Gasteiger partial charge >= 0.3 is 0 Å². The lowest BCUT2D eigenvalue weighted by Crippen LogP contribution is -2.30. The van der Waals surface area contributed by atoms with Gasteiger partial charge in [0, 0.05) is 22.7 Å². The van der Waals surface area contributed by atoms with E-state index in [1.165, 1.54) is 29.0 Å². The molecule has 0 bridgehead atoms. The molecule has 0 saturated carbocycles. The molecule has 0 saturated heterocycles. The van der Waals surface area contributed by atoms with Crippen molar-refractivity contribution in [3.8, 4) is 10.6 Å². The van der Waals surface area contributed by atoms with Crippen LogP contribution in [0, 0.1) is 0 Å². The summed E-state index contributed by atoms with van der Waals surface area (Å²) in [6, 6.07) is 14.2. The summed E-state index contributed by atoms with van der Waals surface area (Å²) in [6.07, 6.45) is 1.14. The Labute approximate surface area is 181 Å². The molecule has 1 amide bonds. The van der Waals surface area contributed by atoms with Gasteiger partial charge in [0.05, 0.1) is 17.0 Å². The highest BCUT2D eigenvalue weighted by Crippen LogP contribution is 2.24. The summed E-state index contributed by atoms with van der Waals surface area (Å²) in [4.78, 5) is 17.1. The first-order valence-electron chi connectivity index (χ1n) is 9.73. The zero-order valence-electron chi connectivity index (χ0n) is 17.2. The van der Waals surface area contributed by atoms with Gasteiger partial charge in [-0.25, -0.2) is 18.1 Å². The van der Waals surface area contributed by atoms with Crippen LogP contribution in [0.15, 0.2) is 58.8 Å². The number of carbonyl (C=O) groups excluding carboxylic acids is 1. The molecule has 0 unspecified atom stereocenters. The molecule has 0 spiro atoms. The zero-order valence-corrected chi connectivity index (χ0v) is 18.8. The van der Waals surface area contributed by atoms with Crippen molar-refractivity contribution < 1.29 is 13.2 Å². The van der Waals surface area contributed by atoms with Crippen LogP contribution in [0.5, 0.6) is 0 Å². The van der Waals surface area contributed by atoms with Crippen LogP contribution in [0.4, 0.5) is 5.69 Å². The second kappa shape index (κ2) is 9.51. The molecule has 0 aliphatic rings. The quantitative estimate of drug-likeness (QED) is 0.545. The Morgan fingerprint density at radius 1 is 1.07 bits per heavy atom. The van der Waals surface area contributed by atoms with Gasteiger partial charge in [0.2, 0.25) is 15.9 Å². The summed E-state index contributed by atoms with van der Waals surface area (Å²) in [5.41, 5.74) is 3.55. The number of amides is 1. The molecule has 0 atom stereocenters. The number of anilines is 1. The number of sulfonamides is 1. The standard InChI is InChI=1S/C22H25N3O3S2/c1-4-16-5-7-17(8-6-16)22-24-19(14-29-22)13-21(26)23-18-9-11-20(12-10-18)30(27,28)25-15(2)3/h5-12,14-15,25H,4,13H2,1-3H3,(H,23,26). The molecular weight excluding hydrogens is 418 g/mol. The first kappa shape index (κ1) is 22.1. The number of aryl methyl sites for hydroxylation is 1. The van der Waals surface area contributed by atoms with Gasteiger partial charge in [-0.15, -0.1) is 11.3 Å². The minimum Gasteiger partial charge on any atom is -0.326 e. The van der Waals surface area contributed by atoms with E-state index in [1.807, 2.05) is 17.5 Å². The molecule has 2 N–H and O–H groups in total. The van der Waals surface area contributed by atoms with Crippen LogP contribution >= 0.6 is 11.3 Å². The predicted molar refractivity (Wildman–Crippen MR) is 121 cm³/mol. The van der Waals surface area contributed by atoms with Crippen LogP contribution in [0.2, 0.25) is 0 Å². The number of hydrogen-bond acceptors (Lipinski definition) is 5. The third-order valence-electron chi connectivity index (χ3n) is 4.34. The summed E-state index contributed by atoms with van der Waals surface area (Å²) < 4.78 is 26.9. The first-order chi connectivity index (χ1) is 14.3. The smallest absolute Gasteiger partial charge is 0.240 e. The second-order valence-electron chi connectivity index (χ2n) is 7.22. The van der Waals surface area contributed by atoms with Crippen molar-refractivity contribution in [1.82, 2.24) is 9.71 Å². The molecule has 0 radical (unpaired) electrons. The Kier molecular flexibility index (Phi) is 7.02. The van der Waals surface area contributed by atoms with Gasteiger partial charge in [-0.2, -0.15) is 0 Å². The van der Waals surface area contributed by atoms with Crippen molar-refractivity contribution in [3.05, 3.63) is 65.2 Å². The average Bonchev–Trinajstić information content (AvgIpc) is 3.15. The van der Waals surface area contributed by atoms with E-state index in [0.717, 1.165) is 17.0 Å². The highest BCUT2D eigenvalue weighted by molar-refractivity contribution is 7.89. The maximum atomic E-state index is 12.4. The van der Waals surface area contributed by atoms with Crippen LogP contribution in [-0.2, 0) is 27.7 Å². The lowest BCUT2D eigenvalue weighted by molar-refractivity contribution is -0.115. The van der Waals surface area contributed by atoms with Gasteiger partial charge in [0.1, 0.15) is 5.01 Å². The molecule has 3 aromatic rings. The highest BCUT2D eigenvalue weighted by atomic mass is 32.2. The summed E-state index contributed by atoms with van der Waals surface area (Å²) in [6.45, 7) is 5.64. The maximum Gasteiger partial charge on any atom is 0.240 e. The molecule has 158 valence electrons. The highest BCUT2D eigenvalue weighted by Gasteiger charge is 2.15. The second-order valence-corrected chi connectivity index (χ2v) is 9.79. The van der Waals surface area contributed by atoms with Gasteiger partial charge < -0.3 is 5.32 Å². The summed E-state index contributed by atoms with van der Waals surface area (Å²) in [7, 11) is -3.55. The molecule has 1 aromatic heterocycles. The van der Waals surface area contributed by atoms with Gasteiger partial charge in [0.25, 0.3) is 0 Å². The van der Waals surface area contributed by atoms with E-state index in [2.05, 4.69) is 34.1 Å². The number of nitrogens with one attached hydrogen (secondary N) is 2. The fourth-order valence-corrected chi connectivity index (χ4v) is 4.95. The number of aromatic nitrogens is 1. The minimum absolute atomic E-state index is 0.151. The number of hydrogen-bond donors (Lipinski definition) is 2. The van der Waals surface area contributed by atoms with E-state index in [9.17, 15) is 13.2 Å². The molecule has 8 heteroatoms. The summed E-state index contributed by atoms with van der Waals surface area (Å²) in [5, 5.41) is 5.55. The third kappa shape index (κ3) is 5.75. The molecule has 0 fully saturated rings. The molecule has 6 nitrogen and oxygen atoms in total. The minimum atomic E-state index is -3.55. The summed E-state index contributed by atoms with van der Waals surface area (Å²) in [5.74, 6) is -0.205. The molecule has 0 aliphatic carbocycles. The van der Waals surface area contributed by atoms with Crippen molar-refractivity contribution in [1.29, 1.82) is 0 Å². The lowest BCUT2D eigenvalue weighted by Gasteiger charge is -2.10. The maximum absolute atomic E-state index is 12.4. The number of benzene rings is 2. The van der Waals surface area contributed by atoms with Gasteiger partial charge in [-0.05, 0) is 50.1 Å². The SMILES string of the molecule is CCc1ccc(-c2nc(CC(=O)Nc3ccc(S(=O)(=O)NC(C)C)cc3)cs2)cc1. The van der Waals surface area contributed by atoms with Crippen LogP contribution < -0.4 is 10.0 Å². The van der Waals surface area contributed by atoms with E-state index >= 15 is 0 Å². The lowest BCUT2D eigenvalue weighted by atomic mass is 10.1. The van der Waals surface area contributed by atoms with E-state index < -0.39 is 10.0 Å². The van der Waals surface area contributed by atoms with Gasteiger partial charge in [0.15, 0.2) is 0 Å². The molecule has 1 heterocycles. The monoisotopic (exact) mass is 443 g/mol. The van der Waals surface area contributed by atoms with E-state index in [4.69, 9.17) is 0 Å². The van der Waals surface area contributed by atoms with Crippen LogP contribution in [0.3, 0.4) is 0 Å². The van der Waals surface area contributed by atoms with Gasteiger partial charge in [-0.3, -0.25) is 4.79 Å². The van der Waals surface area contributed by atoms with Crippen molar-refractivity contribution >= 4 is 33.0 Å². The number of carbonyl (C=O) groups is 1. The molecule has 30 heavy (non-hydrogen) atoms. The normalized spacial score (nSPS) is 11.6. The predicted octanol–water partition coefficient (Wildman–Crippen LogP) is 4.24. The average molecular weight is 444 g/mol. The van der Waals surface area contributed by atoms with Crippen LogP contribution in [-0.4, -0.2) is 25.4 Å². The van der Waals surface area contributed by atoms with E-state index in [-0.39, 0.29) is 23.3 Å². The van der Waals surface area contributed by atoms with E-state index in [1.54, 1.807) is 26.0 Å². The Morgan fingerprint density at radius 3 is 2.33 bits per heavy atom. The zero-order chi connectivity index (χ0) is 21.7. The number of rotatable bonds is 8. The fourth-order valence-electron chi connectivity index (χ4n) is 2.87. The molecule has 2 aromatic carbocycles. The van der Waals surface area contributed by atoms with Crippen molar-refractivity contribution in [3.63, 3.8) is 0 Å². The third-order valence-corrected chi connectivity index (χ3v) is 6.96. The Bertz CT molecular complexity index is 1100. The van der Waals surface area contributed by atoms with Crippen LogP contribution in [0.1, 0.15) is 32.0 Å². The van der Waals surface area contributed by atoms with Crippen LogP contribution in [0.25, 0.3) is 10.6 Å². The van der Waals surface area contributed by atoms with Crippen molar-refractivity contribution in [2.24, 2.45) is 0 Å². The van der Waals surface area contributed by atoms with Crippen molar-refractivity contribution in [2.75, 3.05) is 5.32 Å². The molecule has 3 rings (SSSR count). The van der Waals surface area contributed by atoms with Crippen molar-refractivity contribution in [2.45, 2.75) is 44.6 Å². The molecule has 0 aliphatic heterocycles. The number of nitrogens with zero attached hydrogens (tertiary/aromatic N) is 1. The Hall–Kier alpha value is -2.55. The van der Waals surface area contributed by atoms with Gasteiger partial charge in [-0.1, -0.05) is 31.2 Å². The Morgan fingerprint density at radius 2 is 1.73 bits per heavy atom. The summed E-state index contributed by atoms with van der Waals surface area (Å²) >= 11 is 1.51.